The second-order valence-corrected chi connectivity index (χ2v) is 8.13. The van der Waals surface area contributed by atoms with Crippen molar-refractivity contribution in [1.82, 2.24) is 0 Å². The van der Waals surface area contributed by atoms with Crippen LogP contribution in [0.2, 0.25) is 0 Å². The molecule has 0 unspecified atom stereocenters. The van der Waals surface area contributed by atoms with Crippen molar-refractivity contribution in [2.75, 3.05) is 0 Å². The van der Waals surface area contributed by atoms with Gasteiger partial charge in [-0.2, -0.15) is 0 Å². The molecule has 18 heavy (non-hydrogen) atoms. The van der Waals surface area contributed by atoms with Gasteiger partial charge in [0.25, 0.3) is 0 Å². The zero-order chi connectivity index (χ0) is 11.9. The van der Waals surface area contributed by atoms with Gasteiger partial charge in [0, 0.05) is 0 Å². The van der Waals surface area contributed by atoms with Crippen LogP contribution >= 0.6 is 0 Å². The molecule has 0 N–H and O–H groups in total. The third kappa shape index (κ3) is 1.70. The molecule has 0 saturated carbocycles. The van der Waals surface area contributed by atoms with Crippen molar-refractivity contribution >= 4 is 38.8 Å². The predicted molar refractivity (Wildman–Crippen MR) is 71.9 cm³/mol. The van der Waals surface area contributed by atoms with Crippen LogP contribution in [0.25, 0.3) is 0 Å². The summed E-state index contributed by atoms with van der Waals surface area (Å²) in [7, 11) is 0. The molecule has 2 nitrogen and oxygen atoms in total. The van der Waals surface area contributed by atoms with Crippen molar-refractivity contribution in [2.45, 2.75) is 0 Å². The molecule has 0 amide bonds. The zero-order valence-electron chi connectivity index (χ0n) is 9.25. The Labute approximate surface area is 117 Å². The van der Waals surface area contributed by atoms with Gasteiger partial charge in [-0.1, -0.05) is 0 Å². The molecule has 0 spiro atoms. The number of rotatable bonds is 0. The van der Waals surface area contributed by atoms with Crippen LogP contribution in [0.1, 0.15) is 0 Å². The molecule has 2 aliphatic heterocycles. The molecule has 4 rings (SSSR count). The first kappa shape index (κ1) is 10.7. The molecule has 0 aromatic heterocycles. The zero-order valence-corrected chi connectivity index (χ0v) is 12.7. The SMILES string of the molecule is c1ccc2c(c1)OC(=C1Oc3ccccc3[Se]1)[Se]2. The Morgan fingerprint density at radius 2 is 1.06 bits per heavy atom. The van der Waals surface area contributed by atoms with Crippen LogP contribution in [0.15, 0.2) is 57.8 Å². The standard InChI is InChI=1S/C14H8O2Se2/c1-3-7-11-9(5-1)15-13(17-11)14-16-10-6-2-4-8-12(10)18-14/h1-8H. The van der Waals surface area contributed by atoms with Gasteiger partial charge in [0.2, 0.25) is 0 Å². The predicted octanol–water partition coefficient (Wildman–Crippen LogP) is 0.957. The summed E-state index contributed by atoms with van der Waals surface area (Å²) < 4.78 is 16.5. The molecule has 2 aliphatic rings. The van der Waals surface area contributed by atoms with Gasteiger partial charge in [-0.3, -0.25) is 0 Å². The van der Waals surface area contributed by atoms with E-state index >= 15 is 0 Å². The first-order valence-corrected chi connectivity index (χ1v) is 8.96. The van der Waals surface area contributed by atoms with E-state index in [0.29, 0.717) is 0 Å². The molecule has 0 fully saturated rings. The van der Waals surface area contributed by atoms with Crippen molar-refractivity contribution in [3.05, 3.63) is 57.8 Å². The first-order chi connectivity index (χ1) is 8.90. The normalized spacial score (nSPS) is 20.0. The second kappa shape index (κ2) is 4.18. The third-order valence-corrected chi connectivity index (χ3v) is 7.57. The van der Waals surface area contributed by atoms with Crippen LogP contribution in [0.5, 0.6) is 11.5 Å². The van der Waals surface area contributed by atoms with E-state index in [1.54, 1.807) is 0 Å². The Morgan fingerprint density at radius 1 is 0.611 bits per heavy atom. The Bertz CT molecular complexity index is 553. The van der Waals surface area contributed by atoms with Crippen LogP contribution in [-0.4, -0.2) is 29.9 Å². The summed E-state index contributed by atoms with van der Waals surface area (Å²) >= 11 is 0.492. The van der Waals surface area contributed by atoms with Crippen LogP contribution in [0.4, 0.5) is 0 Å². The molecule has 2 aromatic carbocycles. The summed E-state index contributed by atoms with van der Waals surface area (Å²) in [5, 5.41) is 0. The summed E-state index contributed by atoms with van der Waals surface area (Å²) in [4.78, 5) is 0. The van der Waals surface area contributed by atoms with Gasteiger partial charge in [0.05, 0.1) is 0 Å². The quantitative estimate of drug-likeness (QED) is 0.647. The van der Waals surface area contributed by atoms with Gasteiger partial charge < -0.3 is 0 Å². The van der Waals surface area contributed by atoms with E-state index in [0.717, 1.165) is 20.8 Å². The average Bonchev–Trinajstić information content (AvgIpc) is 3.02. The minimum absolute atomic E-state index is 0.246. The van der Waals surface area contributed by atoms with Gasteiger partial charge in [-0.25, -0.2) is 0 Å². The Kier molecular flexibility index (Phi) is 2.49. The molecule has 4 heteroatoms. The van der Waals surface area contributed by atoms with Crippen LogP contribution in [0, 0.1) is 0 Å². The fourth-order valence-corrected chi connectivity index (χ4v) is 6.17. The van der Waals surface area contributed by atoms with Crippen LogP contribution in [0.3, 0.4) is 0 Å². The molecule has 0 radical (unpaired) electrons. The van der Waals surface area contributed by atoms with Crippen molar-refractivity contribution < 1.29 is 9.47 Å². The number of hydrogen-bond acceptors (Lipinski definition) is 2. The summed E-state index contributed by atoms with van der Waals surface area (Å²) in [6, 6.07) is 16.5. The Balaban J connectivity index is 1.70. The molecule has 0 saturated heterocycles. The van der Waals surface area contributed by atoms with E-state index in [-0.39, 0.29) is 29.9 Å². The van der Waals surface area contributed by atoms with E-state index in [1.165, 1.54) is 8.92 Å². The minimum atomic E-state index is 0.246. The summed E-state index contributed by atoms with van der Waals surface area (Å²) in [5.41, 5.74) is 0. The first-order valence-electron chi connectivity index (χ1n) is 5.54. The molecule has 2 aromatic rings. The van der Waals surface area contributed by atoms with E-state index in [1.807, 2.05) is 24.3 Å². The summed E-state index contributed by atoms with van der Waals surface area (Å²) in [5.74, 6) is 1.99. The van der Waals surface area contributed by atoms with Gasteiger partial charge in [-0.15, -0.1) is 0 Å². The van der Waals surface area contributed by atoms with Crippen molar-refractivity contribution in [2.24, 2.45) is 0 Å². The molecule has 0 bridgehead atoms. The van der Waals surface area contributed by atoms with Crippen molar-refractivity contribution in [1.29, 1.82) is 0 Å². The fourth-order valence-electron chi connectivity index (χ4n) is 1.85. The number of benzene rings is 2. The Hall–Kier alpha value is -1.18. The average molecular weight is 366 g/mol. The van der Waals surface area contributed by atoms with Crippen LogP contribution < -0.4 is 18.4 Å². The topological polar surface area (TPSA) is 18.5 Å². The molecule has 2 heterocycles. The van der Waals surface area contributed by atoms with Crippen LogP contribution in [-0.2, 0) is 0 Å². The molecule has 0 aliphatic carbocycles. The van der Waals surface area contributed by atoms with E-state index in [9.17, 15) is 0 Å². The van der Waals surface area contributed by atoms with Gasteiger partial charge in [0.1, 0.15) is 0 Å². The number of fused-ring (bicyclic) bond motifs is 2. The number of hydrogen-bond donors (Lipinski definition) is 0. The number of para-hydroxylation sites is 2. The summed E-state index contributed by atoms with van der Waals surface area (Å²) in [6.07, 6.45) is 0. The second-order valence-electron chi connectivity index (χ2n) is 3.88. The fraction of sp³-hybridized carbons (Fsp3) is 0. The molecule has 0 atom stereocenters. The van der Waals surface area contributed by atoms with Crippen molar-refractivity contribution in [3.63, 3.8) is 0 Å². The maximum atomic E-state index is 5.92. The monoisotopic (exact) mass is 368 g/mol. The van der Waals surface area contributed by atoms with Gasteiger partial charge >= 0.3 is 118 Å². The number of ether oxygens (including phenoxy) is 2. The molecular weight excluding hydrogens is 358 g/mol. The van der Waals surface area contributed by atoms with E-state index < -0.39 is 0 Å². The van der Waals surface area contributed by atoms with E-state index in [2.05, 4.69) is 24.3 Å². The summed E-state index contributed by atoms with van der Waals surface area (Å²) in [6.45, 7) is 0. The van der Waals surface area contributed by atoms with E-state index in [4.69, 9.17) is 9.47 Å². The molecule has 88 valence electrons. The molecular formula is C14H8O2Se2. The van der Waals surface area contributed by atoms with Gasteiger partial charge in [0.15, 0.2) is 0 Å². The van der Waals surface area contributed by atoms with Gasteiger partial charge in [-0.05, 0) is 0 Å². The third-order valence-electron chi connectivity index (χ3n) is 2.68. The maximum absolute atomic E-state index is 5.92. The Morgan fingerprint density at radius 3 is 1.50 bits per heavy atom. The van der Waals surface area contributed by atoms with Crippen molar-refractivity contribution in [3.8, 4) is 11.5 Å².